The molecule has 0 aliphatic heterocycles. The summed E-state index contributed by atoms with van der Waals surface area (Å²) < 4.78 is 33.9. The van der Waals surface area contributed by atoms with Gasteiger partial charge >= 0.3 is 0 Å². The molecule has 1 aromatic rings. The van der Waals surface area contributed by atoms with Crippen molar-refractivity contribution in [1.82, 2.24) is 0 Å². The molecule has 0 aliphatic carbocycles. The number of carbonyl (C=O) groups excluding carboxylic acids is 1. The third-order valence-electron chi connectivity index (χ3n) is 4.34. The van der Waals surface area contributed by atoms with Crippen LogP contribution in [0.5, 0.6) is 11.5 Å². The van der Waals surface area contributed by atoms with Crippen LogP contribution >= 0.6 is 0 Å². The number of ether oxygens (including phenoxy) is 4. The molecule has 0 N–H and O–H groups in total. The Bertz CT molecular complexity index is 777. The zero-order chi connectivity index (χ0) is 25.0. The number of hydrogen-bond donors (Lipinski definition) is 0. The predicted octanol–water partition coefficient (Wildman–Crippen LogP) is 6.43. The number of allylic oxidation sites excluding steroid dienone is 4. The van der Waals surface area contributed by atoms with Gasteiger partial charge in [-0.2, -0.15) is 0 Å². The van der Waals surface area contributed by atoms with Crippen molar-refractivity contribution in [2.45, 2.75) is 31.8 Å². The highest BCUT2D eigenvalue weighted by Gasteiger charge is 2.37. The van der Waals surface area contributed by atoms with Gasteiger partial charge in [-0.1, -0.05) is 50.5 Å². The molecule has 182 valence electrons. The smallest absolute Gasteiger partial charge is 0.180 e. The Labute approximate surface area is 197 Å². The normalized spacial score (nSPS) is 11.3. The number of unbranched alkanes of at least 4 members (excludes halogenated alkanes) is 1. The molecule has 0 fully saturated rings. The highest BCUT2D eigenvalue weighted by molar-refractivity contribution is 5.76. The number of benzene rings is 1. The fourth-order valence-corrected chi connectivity index (χ4v) is 2.83. The van der Waals surface area contributed by atoms with Crippen LogP contribution in [-0.4, -0.2) is 45.9 Å². The molecule has 0 atom stereocenters. The summed E-state index contributed by atoms with van der Waals surface area (Å²) in [6, 6.07) is 5.05. The molecule has 5 nitrogen and oxygen atoms in total. The molecular weight excluding hydrogens is 423 g/mol. The molecule has 0 aromatic heterocycles. The van der Waals surface area contributed by atoms with Gasteiger partial charge in [0, 0.05) is 19.8 Å². The van der Waals surface area contributed by atoms with Gasteiger partial charge in [-0.15, -0.1) is 6.58 Å². The van der Waals surface area contributed by atoms with Crippen molar-refractivity contribution in [1.29, 1.82) is 0 Å². The quantitative estimate of drug-likeness (QED) is 0.123. The van der Waals surface area contributed by atoms with Gasteiger partial charge in [0.1, 0.15) is 6.29 Å². The lowest BCUT2D eigenvalue weighted by Gasteiger charge is -2.35. The Morgan fingerprint density at radius 2 is 1.82 bits per heavy atom. The minimum atomic E-state index is -0.986. The van der Waals surface area contributed by atoms with Gasteiger partial charge in [0.25, 0.3) is 0 Å². The average molecular weight is 461 g/mol. The largest absolute Gasteiger partial charge is 0.490 e. The minimum Gasteiger partial charge on any atom is -0.490 e. The van der Waals surface area contributed by atoms with E-state index in [4.69, 9.17) is 18.9 Å². The van der Waals surface area contributed by atoms with Gasteiger partial charge in [-0.05, 0) is 43.0 Å². The number of hydrogen-bond acceptors (Lipinski definition) is 5. The van der Waals surface area contributed by atoms with Crippen LogP contribution in [0.4, 0.5) is 4.39 Å². The first-order valence-corrected chi connectivity index (χ1v) is 10.7. The minimum absolute atomic E-state index is 0.202. The first-order valence-electron chi connectivity index (χ1n) is 10.7. The molecule has 0 saturated heterocycles. The summed E-state index contributed by atoms with van der Waals surface area (Å²) >= 11 is 0. The highest BCUT2D eigenvalue weighted by Crippen LogP contribution is 2.35. The Hall–Kier alpha value is -2.96. The van der Waals surface area contributed by atoms with E-state index in [2.05, 4.69) is 19.7 Å². The summed E-state index contributed by atoms with van der Waals surface area (Å²) in [6.07, 6.45) is 12.2. The van der Waals surface area contributed by atoms with Gasteiger partial charge < -0.3 is 18.9 Å². The summed E-state index contributed by atoms with van der Waals surface area (Å²) in [5, 5.41) is 0. The maximum Gasteiger partial charge on any atom is 0.180 e. The van der Waals surface area contributed by atoms with E-state index < -0.39 is 5.60 Å². The second kappa shape index (κ2) is 18.6. The van der Waals surface area contributed by atoms with Crippen LogP contribution in [0.25, 0.3) is 0 Å². The van der Waals surface area contributed by atoms with Gasteiger partial charge in [0.2, 0.25) is 0 Å². The van der Waals surface area contributed by atoms with Crippen LogP contribution in [0.3, 0.4) is 0 Å². The molecule has 0 bridgehead atoms. The van der Waals surface area contributed by atoms with Crippen LogP contribution < -0.4 is 9.47 Å². The van der Waals surface area contributed by atoms with E-state index in [1.54, 1.807) is 50.6 Å². The van der Waals surface area contributed by atoms with E-state index in [9.17, 15) is 9.18 Å². The lowest BCUT2D eigenvalue weighted by molar-refractivity contribution is -0.0334. The second-order valence-electron chi connectivity index (χ2n) is 6.90. The Morgan fingerprint density at radius 3 is 2.27 bits per heavy atom. The van der Waals surface area contributed by atoms with E-state index in [1.165, 1.54) is 6.08 Å². The molecule has 33 heavy (non-hydrogen) atoms. The van der Waals surface area contributed by atoms with E-state index in [1.807, 2.05) is 13.0 Å². The van der Waals surface area contributed by atoms with Crippen molar-refractivity contribution in [3.05, 3.63) is 85.8 Å². The molecule has 1 rings (SSSR count). The highest BCUT2D eigenvalue weighted by atomic mass is 19.1. The van der Waals surface area contributed by atoms with Crippen LogP contribution in [0, 0.1) is 0 Å². The van der Waals surface area contributed by atoms with Gasteiger partial charge in [0.15, 0.2) is 17.1 Å². The summed E-state index contributed by atoms with van der Waals surface area (Å²) in [5.74, 6) is 0.961. The van der Waals surface area contributed by atoms with Crippen LogP contribution in [-0.2, 0) is 9.47 Å². The molecule has 0 amide bonds. The van der Waals surface area contributed by atoms with Crippen LogP contribution in [0.2, 0.25) is 0 Å². The fraction of sp³-hybridized carbons (Fsp3) is 0.370. The lowest BCUT2D eigenvalue weighted by Crippen LogP contribution is -2.46. The monoisotopic (exact) mass is 460 g/mol. The number of halogens is 1. The Kier molecular flexibility index (Phi) is 16.9. The molecule has 0 unspecified atom stereocenters. The molecular formula is C27H37FO5. The van der Waals surface area contributed by atoms with Crippen LogP contribution in [0.1, 0.15) is 36.5 Å². The Balaban J connectivity index is 0.00000184. The third kappa shape index (κ3) is 10.9. The summed E-state index contributed by atoms with van der Waals surface area (Å²) in [4.78, 5) is 11.3. The lowest BCUT2D eigenvalue weighted by atomic mass is 9.94. The van der Waals surface area contributed by atoms with E-state index >= 15 is 0 Å². The standard InChI is InChI=1S/C23H30O5.C4H7F/c1-6-9-10-14-27-21-13-12-19(16-24)15-22(21)28-23(17-25-4,18-26-5)20(8-3)11-7-2;1-2-3-4-5/h6-8,11-13,15-16H,1-3,9-10,14,17-18H2,4-5H3;3-4H,2H2,1H3/b20-11+;4-3+. The SMILES string of the molecule is C=C/C=C(\C=C)C(COC)(COC)Oc1cc(C=O)ccc1OCCCC=C.CC/C=C/F. The summed E-state index contributed by atoms with van der Waals surface area (Å²) in [6.45, 7) is 14.1. The van der Waals surface area contributed by atoms with Gasteiger partial charge in [0.05, 0.1) is 26.2 Å². The molecule has 0 radical (unpaired) electrons. The van der Waals surface area contributed by atoms with E-state index in [0.29, 0.717) is 30.0 Å². The maximum absolute atomic E-state index is 11.3. The molecule has 1 aromatic carbocycles. The van der Waals surface area contributed by atoms with Crippen molar-refractivity contribution < 1.29 is 28.1 Å². The predicted molar refractivity (Wildman–Crippen MR) is 133 cm³/mol. The maximum atomic E-state index is 11.3. The first-order chi connectivity index (χ1) is 16.0. The summed E-state index contributed by atoms with van der Waals surface area (Å²) in [5.41, 5.74) is 0.227. The molecule has 0 aliphatic rings. The molecule has 0 saturated carbocycles. The second-order valence-corrected chi connectivity index (χ2v) is 6.90. The van der Waals surface area contributed by atoms with Gasteiger partial charge in [-0.3, -0.25) is 4.79 Å². The molecule has 6 heteroatoms. The molecule has 0 spiro atoms. The third-order valence-corrected chi connectivity index (χ3v) is 4.34. The summed E-state index contributed by atoms with van der Waals surface area (Å²) in [7, 11) is 3.16. The Morgan fingerprint density at radius 1 is 1.12 bits per heavy atom. The average Bonchev–Trinajstić information content (AvgIpc) is 2.82. The van der Waals surface area contributed by atoms with Crippen molar-refractivity contribution in [2.75, 3.05) is 34.0 Å². The first kappa shape index (κ1) is 30.0. The number of carbonyl (C=O) groups is 1. The number of aldehydes is 1. The van der Waals surface area contributed by atoms with E-state index in [-0.39, 0.29) is 13.2 Å². The zero-order valence-electron chi connectivity index (χ0n) is 20.1. The fourth-order valence-electron chi connectivity index (χ4n) is 2.83. The van der Waals surface area contributed by atoms with E-state index in [0.717, 1.165) is 31.1 Å². The van der Waals surface area contributed by atoms with Crippen molar-refractivity contribution >= 4 is 6.29 Å². The number of rotatable bonds is 16. The molecule has 0 heterocycles. The van der Waals surface area contributed by atoms with Crippen LogP contribution in [0.15, 0.2) is 80.2 Å². The zero-order valence-corrected chi connectivity index (χ0v) is 20.1. The van der Waals surface area contributed by atoms with Crippen molar-refractivity contribution in [3.63, 3.8) is 0 Å². The van der Waals surface area contributed by atoms with Gasteiger partial charge in [-0.25, -0.2) is 4.39 Å². The van der Waals surface area contributed by atoms with Crippen molar-refractivity contribution in [2.24, 2.45) is 0 Å². The number of methoxy groups -OCH3 is 2. The van der Waals surface area contributed by atoms with Crippen molar-refractivity contribution in [3.8, 4) is 11.5 Å². The topological polar surface area (TPSA) is 54.0 Å².